The maximum atomic E-state index is 2.40. The van der Waals surface area contributed by atoms with Crippen molar-refractivity contribution in [2.75, 3.05) is 9.80 Å². The SMILES string of the molecule is C(=C/c1ccc(N(c2ccccc2)c2ccccc2)cc1)/c1ccc(-c2c3ccccc3c(N(c3ccccc3)c3ccccc3)c3ccccc23)cc1. The van der Waals surface area contributed by atoms with Crippen LogP contribution in [-0.2, 0) is 0 Å². The first kappa shape index (κ1) is 32.7. The van der Waals surface area contributed by atoms with E-state index in [1.165, 1.54) is 38.4 Å². The molecule has 0 radical (unpaired) electrons. The smallest absolute Gasteiger partial charge is 0.0618 e. The van der Waals surface area contributed by atoms with E-state index in [4.69, 9.17) is 0 Å². The van der Waals surface area contributed by atoms with Crippen LogP contribution in [0.5, 0.6) is 0 Å². The number of anilines is 6. The summed E-state index contributed by atoms with van der Waals surface area (Å²) in [7, 11) is 0. The molecular weight excluding hydrogens is 653 g/mol. The lowest BCUT2D eigenvalue weighted by Gasteiger charge is -2.29. The van der Waals surface area contributed by atoms with Gasteiger partial charge in [-0.3, -0.25) is 0 Å². The van der Waals surface area contributed by atoms with E-state index in [0.29, 0.717) is 0 Å². The van der Waals surface area contributed by atoms with Gasteiger partial charge in [-0.05, 0) is 93.7 Å². The minimum absolute atomic E-state index is 1.12. The van der Waals surface area contributed by atoms with Gasteiger partial charge in [-0.1, -0.05) is 170 Å². The average molecular weight is 691 g/mol. The normalized spacial score (nSPS) is 11.3. The van der Waals surface area contributed by atoms with Gasteiger partial charge in [-0.2, -0.15) is 0 Å². The van der Waals surface area contributed by atoms with E-state index < -0.39 is 0 Å². The van der Waals surface area contributed by atoms with E-state index in [1.807, 2.05) is 0 Å². The van der Waals surface area contributed by atoms with Gasteiger partial charge in [-0.15, -0.1) is 0 Å². The molecule has 9 aromatic rings. The molecule has 0 aromatic heterocycles. The highest BCUT2D eigenvalue weighted by atomic mass is 15.1. The summed E-state index contributed by atoms with van der Waals surface area (Å²) in [6, 6.07) is 77.8. The summed E-state index contributed by atoms with van der Waals surface area (Å²) in [6.07, 6.45) is 4.39. The van der Waals surface area contributed by atoms with Crippen molar-refractivity contribution in [3.8, 4) is 11.1 Å². The lowest BCUT2D eigenvalue weighted by Crippen LogP contribution is -2.11. The van der Waals surface area contributed by atoms with E-state index >= 15 is 0 Å². The Hall–Kier alpha value is -7.16. The molecule has 0 aliphatic rings. The monoisotopic (exact) mass is 690 g/mol. The van der Waals surface area contributed by atoms with Crippen LogP contribution in [0.15, 0.2) is 218 Å². The largest absolute Gasteiger partial charge is 0.311 e. The number of fused-ring (bicyclic) bond motifs is 2. The Bertz CT molecular complexity index is 2530. The van der Waals surface area contributed by atoms with Gasteiger partial charge in [0.05, 0.1) is 5.69 Å². The van der Waals surface area contributed by atoms with E-state index in [-0.39, 0.29) is 0 Å². The first-order chi connectivity index (χ1) is 26.8. The van der Waals surface area contributed by atoms with Gasteiger partial charge in [-0.25, -0.2) is 0 Å². The Balaban J connectivity index is 1.06. The number of hydrogen-bond donors (Lipinski definition) is 0. The standard InChI is InChI=1S/C52H38N2/c1-5-17-42(18-6-1)53(43-19-7-2-8-20-43)46-37-33-40(34-38-46)30-29-39-31-35-41(36-32-39)51-47-25-13-15-27-49(47)52(50-28-16-14-26-48(50)51)54(44-21-9-3-10-22-44)45-23-11-4-12-24-45/h1-38H/b30-29-. The van der Waals surface area contributed by atoms with Crippen molar-refractivity contribution in [1.29, 1.82) is 0 Å². The van der Waals surface area contributed by atoms with Crippen molar-refractivity contribution in [2.24, 2.45) is 0 Å². The second kappa shape index (κ2) is 14.8. The molecule has 0 fully saturated rings. The van der Waals surface area contributed by atoms with Crippen LogP contribution in [0.3, 0.4) is 0 Å². The summed E-state index contributed by atoms with van der Waals surface area (Å²) in [6.45, 7) is 0. The molecule has 256 valence electrons. The van der Waals surface area contributed by atoms with Gasteiger partial charge in [0.25, 0.3) is 0 Å². The molecule has 0 atom stereocenters. The Kier molecular flexibility index (Phi) is 8.99. The second-order valence-corrected chi connectivity index (χ2v) is 13.4. The van der Waals surface area contributed by atoms with Crippen LogP contribution in [0.2, 0.25) is 0 Å². The molecule has 2 nitrogen and oxygen atoms in total. The van der Waals surface area contributed by atoms with Gasteiger partial charge >= 0.3 is 0 Å². The summed E-state index contributed by atoms with van der Waals surface area (Å²) in [5, 5.41) is 4.88. The minimum atomic E-state index is 1.12. The summed E-state index contributed by atoms with van der Waals surface area (Å²) >= 11 is 0. The number of rotatable bonds is 9. The van der Waals surface area contributed by atoms with E-state index in [9.17, 15) is 0 Å². The van der Waals surface area contributed by atoms with Crippen LogP contribution in [0, 0.1) is 0 Å². The summed E-state index contributed by atoms with van der Waals surface area (Å²) in [5.41, 5.74) is 11.6. The zero-order chi connectivity index (χ0) is 36.1. The summed E-state index contributed by atoms with van der Waals surface area (Å²) in [4.78, 5) is 4.68. The van der Waals surface area contributed by atoms with Crippen molar-refractivity contribution in [1.82, 2.24) is 0 Å². The Labute approximate surface area is 317 Å². The number of hydrogen-bond acceptors (Lipinski definition) is 2. The van der Waals surface area contributed by atoms with Crippen molar-refractivity contribution in [3.63, 3.8) is 0 Å². The van der Waals surface area contributed by atoms with Gasteiger partial charge in [0.1, 0.15) is 0 Å². The van der Waals surface area contributed by atoms with Crippen molar-refractivity contribution in [2.45, 2.75) is 0 Å². The van der Waals surface area contributed by atoms with Crippen LogP contribution < -0.4 is 9.80 Å². The molecule has 0 heterocycles. The molecule has 0 spiro atoms. The van der Waals surface area contributed by atoms with Gasteiger partial charge in [0.15, 0.2) is 0 Å². The van der Waals surface area contributed by atoms with Crippen LogP contribution in [-0.4, -0.2) is 0 Å². The summed E-state index contributed by atoms with van der Waals surface area (Å²) in [5.74, 6) is 0. The van der Waals surface area contributed by atoms with Crippen molar-refractivity contribution >= 4 is 67.8 Å². The fourth-order valence-electron chi connectivity index (χ4n) is 7.51. The molecule has 0 N–H and O–H groups in total. The Morgan fingerprint density at radius 3 is 0.981 bits per heavy atom. The lowest BCUT2D eigenvalue weighted by molar-refractivity contribution is 1.28. The molecule has 54 heavy (non-hydrogen) atoms. The zero-order valence-electron chi connectivity index (χ0n) is 29.8. The van der Waals surface area contributed by atoms with Crippen molar-refractivity contribution in [3.05, 3.63) is 230 Å². The molecular formula is C52H38N2. The quantitative estimate of drug-likeness (QED) is 0.110. The maximum Gasteiger partial charge on any atom is 0.0618 e. The van der Waals surface area contributed by atoms with E-state index in [1.54, 1.807) is 0 Å². The first-order valence-corrected chi connectivity index (χ1v) is 18.4. The van der Waals surface area contributed by atoms with Crippen molar-refractivity contribution < 1.29 is 0 Å². The van der Waals surface area contributed by atoms with Gasteiger partial charge < -0.3 is 9.80 Å². The molecule has 0 saturated heterocycles. The van der Waals surface area contributed by atoms with Crippen LogP contribution in [0.4, 0.5) is 34.1 Å². The predicted octanol–water partition coefficient (Wildman–Crippen LogP) is 14.8. The molecule has 9 rings (SSSR count). The average Bonchev–Trinajstić information content (AvgIpc) is 3.25. The zero-order valence-corrected chi connectivity index (χ0v) is 29.8. The number of nitrogens with zero attached hydrogens (tertiary/aromatic N) is 2. The summed E-state index contributed by atoms with van der Waals surface area (Å²) < 4.78 is 0. The third kappa shape index (κ3) is 6.42. The highest BCUT2D eigenvalue weighted by Gasteiger charge is 2.21. The van der Waals surface area contributed by atoms with Gasteiger partial charge in [0, 0.05) is 39.2 Å². The maximum absolute atomic E-state index is 2.40. The molecule has 2 heteroatoms. The molecule has 0 aliphatic heterocycles. The van der Waals surface area contributed by atoms with Crippen LogP contribution in [0.25, 0.3) is 44.8 Å². The number of benzene rings is 9. The molecule has 0 unspecified atom stereocenters. The minimum Gasteiger partial charge on any atom is -0.311 e. The third-order valence-electron chi connectivity index (χ3n) is 10.0. The predicted molar refractivity (Wildman–Crippen MR) is 232 cm³/mol. The third-order valence-corrected chi connectivity index (χ3v) is 10.0. The number of para-hydroxylation sites is 4. The Morgan fingerprint density at radius 2 is 0.574 bits per heavy atom. The Morgan fingerprint density at radius 1 is 0.259 bits per heavy atom. The van der Waals surface area contributed by atoms with Crippen LogP contribution in [0.1, 0.15) is 11.1 Å². The highest BCUT2D eigenvalue weighted by Crippen LogP contribution is 2.48. The fraction of sp³-hybridized carbons (Fsp3) is 0. The lowest BCUT2D eigenvalue weighted by atomic mass is 9.89. The van der Waals surface area contributed by atoms with Gasteiger partial charge in [0.2, 0.25) is 0 Å². The molecule has 0 aliphatic carbocycles. The first-order valence-electron chi connectivity index (χ1n) is 18.4. The van der Waals surface area contributed by atoms with Crippen LogP contribution >= 0.6 is 0 Å². The molecule has 0 amide bonds. The van der Waals surface area contributed by atoms with E-state index in [0.717, 1.165) is 39.6 Å². The molecule has 0 bridgehead atoms. The van der Waals surface area contributed by atoms with E-state index in [2.05, 4.69) is 240 Å². The topological polar surface area (TPSA) is 6.48 Å². The fourth-order valence-corrected chi connectivity index (χ4v) is 7.51. The highest BCUT2D eigenvalue weighted by molar-refractivity contribution is 6.22. The second-order valence-electron chi connectivity index (χ2n) is 13.4. The molecule has 9 aromatic carbocycles. The molecule has 0 saturated carbocycles.